The van der Waals surface area contributed by atoms with E-state index in [4.69, 9.17) is 11.6 Å². The van der Waals surface area contributed by atoms with E-state index < -0.39 is 17.1 Å². The Hall–Kier alpha value is -1.66. The second-order valence-electron chi connectivity index (χ2n) is 5.36. The minimum atomic E-state index is -4.40. The molecule has 0 N–H and O–H groups in total. The highest BCUT2D eigenvalue weighted by Gasteiger charge is 2.34. The molecule has 0 spiro atoms. The molecular formula is C17H13ClF3NOS. The van der Waals surface area contributed by atoms with Crippen LogP contribution in [0.1, 0.15) is 26.9 Å². The molecule has 1 aliphatic rings. The van der Waals surface area contributed by atoms with Crippen molar-refractivity contribution >= 4 is 29.3 Å². The Morgan fingerprint density at radius 2 is 1.92 bits per heavy atom. The van der Waals surface area contributed by atoms with E-state index in [2.05, 4.69) is 0 Å². The van der Waals surface area contributed by atoms with Gasteiger partial charge in [-0.15, -0.1) is 11.8 Å². The lowest BCUT2D eigenvalue weighted by atomic mass is 10.1. The summed E-state index contributed by atoms with van der Waals surface area (Å²) in [5.74, 6) is 0.442. The summed E-state index contributed by atoms with van der Waals surface area (Å²) in [6.45, 7) is 0.483. The molecular weight excluding hydrogens is 359 g/mol. The van der Waals surface area contributed by atoms with Gasteiger partial charge in [-0.3, -0.25) is 4.79 Å². The van der Waals surface area contributed by atoms with Gasteiger partial charge in [0.1, 0.15) is 5.37 Å². The number of thioether (sulfide) groups is 1. The van der Waals surface area contributed by atoms with E-state index in [1.165, 1.54) is 17.8 Å². The van der Waals surface area contributed by atoms with Gasteiger partial charge in [-0.05, 0) is 35.9 Å². The Bertz CT molecular complexity index is 765. The summed E-state index contributed by atoms with van der Waals surface area (Å²) in [5, 5.41) is 0.0158. The second kappa shape index (κ2) is 6.69. The Labute approximate surface area is 146 Å². The maximum absolute atomic E-state index is 12.9. The van der Waals surface area contributed by atoms with E-state index in [0.29, 0.717) is 28.4 Å². The first-order valence-corrected chi connectivity index (χ1v) is 8.64. The van der Waals surface area contributed by atoms with Crippen molar-refractivity contribution in [3.05, 3.63) is 70.2 Å². The number of benzene rings is 2. The highest BCUT2D eigenvalue weighted by molar-refractivity contribution is 7.99. The van der Waals surface area contributed by atoms with Crippen LogP contribution in [0.3, 0.4) is 0 Å². The number of alkyl halides is 3. The molecule has 0 aromatic heterocycles. The highest BCUT2D eigenvalue weighted by Crippen LogP contribution is 2.40. The van der Waals surface area contributed by atoms with Gasteiger partial charge in [0.15, 0.2) is 0 Å². The van der Waals surface area contributed by atoms with Crippen molar-refractivity contribution in [2.75, 3.05) is 12.3 Å². The highest BCUT2D eigenvalue weighted by atomic mass is 35.5. The monoisotopic (exact) mass is 371 g/mol. The lowest BCUT2D eigenvalue weighted by Gasteiger charge is -2.25. The molecule has 1 atom stereocenters. The van der Waals surface area contributed by atoms with Crippen LogP contribution in [-0.2, 0) is 6.18 Å². The molecule has 0 bridgehead atoms. The van der Waals surface area contributed by atoms with Crippen LogP contribution in [0.25, 0.3) is 0 Å². The molecule has 0 saturated carbocycles. The zero-order valence-electron chi connectivity index (χ0n) is 12.4. The van der Waals surface area contributed by atoms with Crippen molar-refractivity contribution in [2.24, 2.45) is 0 Å². The summed E-state index contributed by atoms with van der Waals surface area (Å²) < 4.78 is 38.8. The van der Waals surface area contributed by atoms with Gasteiger partial charge in [0.05, 0.1) is 5.56 Å². The van der Waals surface area contributed by atoms with Crippen LogP contribution in [0.5, 0.6) is 0 Å². The van der Waals surface area contributed by atoms with Crippen LogP contribution in [-0.4, -0.2) is 23.1 Å². The molecule has 1 amide bonds. The predicted molar refractivity (Wildman–Crippen MR) is 89.1 cm³/mol. The van der Waals surface area contributed by atoms with E-state index in [0.717, 1.165) is 12.1 Å². The Balaban J connectivity index is 1.90. The van der Waals surface area contributed by atoms with Crippen LogP contribution in [0.4, 0.5) is 13.2 Å². The molecule has 3 rings (SSSR count). The maximum Gasteiger partial charge on any atom is 0.416 e. The van der Waals surface area contributed by atoms with Crippen molar-refractivity contribution in [3.8, 4) is 0 Å². The Morgan fingerprint density at radius 1 is 1.17 bits per heavy atom. The van der Waals surface area contributed by atoms with E-state index in [-0.39, 0.29) is 5.91 Å². The van der Waals surface area contributed by atoms with Gasteiger partial charge in [-0.2, -0.15) is 13.2 Å². The first-order chi connectivity index (χ1) is 11.4. The fourth-order valence-electron chi connectivity index (χ4n) is 2.61. The molecule has 7 heteroatoms. The van der Waals surface area contributed by atoms with Crippen molar-refractivity contribution in [1.29, 1.82) is 0 Å². The topological polar surface area (TPSA) is 20.3 Å². The van der Waals surface area contributed by atoms with Crippen LogP contribution >= 0.6 is 23.4 Å². The molecule has 2 aromatic rings. The van der Waals surface area contributed by atoms with Crippen molar-refractivity contribution < 1.29 is 18.0 Å². The zero-order valence-corrected chi connectivity index (χ0v) is 14.0. The smallest absolute Gasteiger partial charge is 0.322 e. The fraction of sp³-hybridized carbons (Fsp3) is 0.235. The lowest BCUT2D eigenvalue weighted by molar-refractivity contribution is -0.137. The SMILES string of the molecule is O=C(c1cccc(Cl)c1)N1CCS[C@H]1c1cccc(C(F)(F)F)c1. The van der Waals surface area contributed by atoms with E-state index in [1.54, 1.807) is 35.2 Å². The summed E-state index contributed by atoms with van der Waals surface area (Å²) in [5.41, 5.74) is 0.201. The quantitative estimate of drug-likeness (QED) is 0.719. The van der Waals surface area contributed by atoms with E-state index >= 15 is 0 Å². The van der Waals surface area contributed by atoms with Gasteiger partial charge in [0, 0.05) is 22.9 Å². The third-order valence-electron chi connectivity index (χ3n) is 3.72. The average Bonchev–Trinajstić information content (AvgIpc) is 3.03. The predicted octanol–water partition coefficient (Wildman–Crippen LogP) is 5.25. The minimum Gasteiger partial charge on any atom is -0.322 e. The summed E-state index contributed by atoms with van der Waals surface area (Å²) in [7, 11) is 0. The molecule has 1 aliphatic heterocycles. The molecule has 1 fully saturated rings. The lowest BCUT2D eigenvalue weighted by Crippen LogP contribution is -2.30. The van der Waals surface area contributed by atoms with Gasteiger partial charge < -0.3 is 4.90 Å². The molecule has 1 saturated heterocycles. The summed E-state index contributed by atoms with van der Waals surface area (Å²) in [4.78, 5) is 14.3. The first-order valence-electron chi connectivity index (χ1n) is 7.21. The van der Waals surface area contributed by atoms with E-state index in [9.17, 15) is 18.0 Å². The summed E-state index contributed by atoms with van der Waals surface area (Å²) in [6.07, 6.45) is -4.40. The van der Waals surface area contributed by atoms with Gasteiger partial charge in [0.25, 0.3) is 5.91 Å². The molecule has 0 radical (unpaired) electrons. The van der Waals surface area contributed by atoms with Crippen molar-refractivity contribution in [1.82, 2.24) is 4.90 Å². The number of hydrogen-bond acceptors (Lipinski definition) is 2. The standard InChI is InChI=1S/C17H13ClF3NOS/c18-14-6-2-3-11(10-14)15(23)22-7-8-24-16(22)12-4-1-5-13(9-12)17(19,20)21/h1-6,9-10,16H,7-8H2/t16-/m0/s1. The molecule has 2 aromatic carbocycles. The molecule has 1 heterocycles. The number of hydrogen-bond donors (Lipinski definition) is 0. The second-order valence-corrected chi connectivity index (χ2v) is 6.98. The largest absolute Gasteiger partial charge is 0.416 e. The number of nitrogens with zero attached hydrogens (tertiary/aromatic N) is 1. The third-order valence-corrected chi connectivity index (χ3v) is 5.22. The zero-order chi connectivity index (χ0) is 17.3. The molecule has 2 nitrogen and oxygen atoms in total. The van der Waals surface area contributed by atoms with Crippen molar-refractivity contribution in [3.63, 3.8) is 0 Å². The minimum absolute atomic E-state index is 0.232. The number of amides is 1. The molecule has 24 heavy (non-hydrogen) atoms. The normalized spacial score (nSPS) is 18.0. The van der Waals surface area contributed by atoms with Crippen LogP contribution in [0, 0.1) is 0 Å². The molecule has 0 unspecified atom stereocenters. The molecule has 0 aliphatic carbocycles. The summed E-state index contributed by atoms with van der Waals surface area (Å²) >= 11 is 7.37. The van der Waals surface area contributed by atoms with Gasteiger partial charge in [-0.1, -0.05) is 29.8 Å². The fourth-order valence-corrected chi connectivity index (χ4v) is 4.05. The third kappa shape index (κ3) is 3.54. The number of halogens is 4. The van der Waals surface area contributed by atoms with E-state index in [1.807, 2.05) is 0 Å². The number of carbonyl (C=O) groups is 1. The van der Waals surface area contributed by atoms with Crippen molar-refractivity contribution in [2.45, 2.75) is 11.6 Å². The number of carbonyl (C=O) groups excluding carboxylic acids is 1. The number of rotatable bonds is 2. The van der Waals surface area contributed by atoms with Gasteiger partial charge in [-0.25, -0.2) is 0 Å². The summed E-state index contributed by atoms with van der Waals surface area (Å²) in [6, 6.07) is 11.7. The van der Waals surface area contributed by atoms with Crippen LogP contribution in [0.15, 0.2) is 48.5 Å². The van der Waals surface area contributed by atoms with Gasteiger partial charge >= 0.3 is 6.18 Å². The Kier molecular flexibility index (Phi) is 4.78. The van der Waals surface area contributed by atoms with Gasteiger partial charge in [0.2, 0.25) is 0 Å². The first kappa shape index (κ1) is 17.2. The average molecular weight is 372 g/mol. The van der Waals surface area contributed by atoms with Crippen LogP contribution in [0.2, 0.25) is 5.02 Å². The Morgan fingerprint density at radius 3 is 2.62 bits per heavy atom. The maximum atomic E-state index is 12.9. The van der Waals surface area contributed by atoms with Crippen LogP contribution < -0.4 is 0 Å². The molecule has 126 valence electrons.